The third-order valence-corrected chi connectivity index (χ3v) is 7.51. The quantitative estimate of drug-likeness (QED) is 0.0976. The van der Waals surface area contributed by atoms with Crippen LogP contribution < -0.4 is 0 Å². The number of aromatic nitrogens is 3. The van der Waals surface area contributed by atoms with E-state index in [0.29, 0.717) is 28.1 Å². The summed E-state index contributed by atoms with van der Waals surface area (Å²) < 4.78 is 3.27. The molecule has 0 aliphatic heterocycles. The molecule has 0 aliphatic rings. The Balaban J connectivity index is 1.44. The zero-order valence-corrected chi connectivity index (χ0v) is 22.2. The van der Waals surface area contributed by atoms with Gasteiger partial charge in [-0.15, -0.1) is 11.3 Å². The molecule has 0 N–H and O–H groups in total. The van der Waals surface area contributed by atoms with Crippen LogP contribution in [0.2, 0.25) is 0 Å². The standard InChI is InChI=1S/C31H22N4O4S/c1-2-35-25-12-10-21(29(36)27-9-6-16-40-27)17-23(25)24-18-22(11-13-26(24)35)30(37)28(20-7-4-3-5-8-20)33-39-31(38)34-15-14-32-19-34/h3-19H,2H2,1H3. The number of Topliss-reactive ketones (excluding diaryl/α,β-unsaturated/α-hetero) is 1. The van der Waals surface area contributed by atoms with E-state index in [1.165, 1.54) is 30.1 Å². The van der Waals surface area contributed by atoms with Gasteiger partial charge in [-0.25, -0.2) is 14.3 Å². The van der Waals surface area contributed by atoms with Crippen LogP contribution in [-0.2, 0) is 11.4 Å². The molecule has 0 amide bonds. The fraction of sp³-hybridized carbons (Fsp3) is 0.0645. The van der Waals surface area contributed by atoms with E-state index in [1.54, 1.807) is 30.3 Å². The fourth-order valence-electron chi connectivity index (χ4n) is 4.73. The van der Waals surface area contributed by atoms with E-state index in [2.05, 4.69) is 21.6 Å². The highest BCUT2D eigenvalue weighted by Gasteiger charge is 2.21. The third-order valence-electron chi connectivity index (χ3n) is 6.64. The van der Waals surface area contributed by atoms with Gasteiger partial charge in [0.2, 0.25) is 11.6 Å². The third kappa shape index (κ3) is 4.52. The van der Waals surface area contributed by atoms with Crippen LogP contribution in [0.5, 0.6) is 0 Å². The molecule has 0 saturated carbocycles. The van der Waals surface area contributed by atoms with Crippen LogP contribution in [0, 0.1) is 0 Å². The van der Waals surface area contributed by atoms with Crippen LogP contribution in [0.3, 0.4) is 0 Å². The number of hydrogen-bond acceptors (Lipinski definition) is 7. The largest absolute Gasteiger partial charge is 0.445 e. The number of nitrogens with zero attached hydrogens (tertiary/aromatic N) is 4. The molecular formula is C31H22N4O4S. The van der Waals surface area contributed by atoms with Gasteiger partial charge in [0.15, 0.2) is 5.71 Å². The average molecular weight is 547 g/mol. The number of benzene rings is 3. The summed E-state index contributed by atoms with van der Waals surface area (Å²) in [5.41, 5.74) is 3.36. The number of fused-ring (bicyclic) bond motifs is 3. The van der Waals surface area contributed by atoms with Crippen LogP contribution in [0.1, 0.15) is 38.1 Å². The predicted molar refractivity (Wildman–Crippen MR) is 154 cm³/mol. The van der Waals surface area contributed by atoms with E-state index in [1.807, 2.05) is 53.9 Å². The van der Waals surface area contributed by atoms with Gasteiger partial charge in [0.05, 0.1) is 4.88 Å². The number of imidazole rings is 1. The van der Waals surface area contributed by atoms with Crippen LogP contribution >= 0.6 is 11.3 Å². The second-order valence-corrected chi connectivity index (χ2v) is 9.92. The molecule has 0 fully saturated rings. The highest BCUT2D eigenvalue weighted by molar-refractivity contribution is 7.12. The normalized spacial score (nSPS) is 11.7. The van der Waals surface area contributed by atoms with Crippen molar-refractivity contribution in [3.63, 3.8) is 0 Å². The molecule has 0 radical (unpaired) electrons. The molecule has 9 heteroatoms. The molecule has 3 aromatic carbocycles. The summed E-state index contributed by atoms with van der Waals surface area (Å²) in [5.74, 6) is -0.450. The van der Waals surface area contributed by atoms with Gasteiger partial charge in [0.1, 0.15) is 6.33 Å². The molecule has 0 atom stereocenters. The first-order valence-electron chi connectivity index (χ1n) is 12.6. The van der Waals surface area contributed by atoms with Gasteiger partial charge in [-0.3, -0.25) is 14.4 Å². The lowest BCUT2D eigenvalue weighted by atomic mass is 9.98. The van der Waals surface area contributed by atoms with Gasteiger partial charge in [-0.05, 0) is 54.8 Å². The Labute approximate surface area is 232 Å². The van der Waals surface area contributed by atoms with Crippen LogP contribution in [0.25, 0.3) is 21.8 Å². The van der Waals surface area contributed by atoms with Gasteiger partial charge in [-0.1, -0.05) is 41.6 Å². The summed E-state index contributed by atoms with van der Waals surface area (Å²) in [6.07, 6.45) is 3.37. The summed E-state index contributed by atoms with van der Waals surface area (Å²) in [4.78, 5) is 48.9. The van der Waals surface area contributed by atoms with Crippen LogP contribution in [0.15, 0.2) is 108 Å². The molecule has 0 spiro atoms. The summed E-state index contributed by atoms with van der Waals surface area (Å²) in [7, 11) is 0. The van der Waals surface area contributed by atoms with Crippen LogP contribution in [0.4, 0.5) is 4.79 Å². The Morgan fingerprint density at radius 1 is 0.875 bits per heavy atom. The topological polar surface area (TPSA) is 95.6 Å². The molecular weight excluding hydrogens is 524 g/mol. The molecule has 8 nitrogen and oxygen atoms in total. The number of carbonyl (C=O) groups excluding carboxylic acids is 3. The van der Waals surface area contributed by atoms with Crippen molar-refractivity contribution >= 4 is 56.5 Å². The Hall–Kier alpha value is -5.15. The number of ketones is 2. The molecule has 0 unspecified atom stereocenters. The van der Waals surface area contributed by atoms with Crippen molar-refractivity contribution in [2.45, 2.75) is 13.5 Å². The van der Waals surface area contributed by atoms with Gasteiger partial charge in [-0.2, -0.15) is 0 Å². The maximum Gasteiger partial charge on any atom is 0.445 e. The number of aryl methyl sites for hydroxylation is 1. The summed E-state index contributed by atoms with van der Waals surface area (Å²) in [6, 6.07) is 23.6. The zero-order valence-electron chi connectivity index (χ0n) is 21.4. The Kier molecular flexibility index (Phi) is 6.63. The average Bonchev–Trinajstić information content (AvgIpc) is 3.78. The fourth-order valence-corrected chi connectivity index (χ4v) is 5.42. The Bertz CT molecular complexity index is 1900. The lowest BCUT2D eigenvalue weighted by Gasteiger charge is -2.07. The first-order valence-corrected chi connectivity index (χ1v) is 13.4. The molecule has 6 rings (SSSR count). The maximum absolute atomic E-state index is 13.8. The lowest BCUT2D eigenvalue weighted by Crippen LogP contribution is -2.18. The number of rotatable bonds is 7. The number of hydrogen-bond donors (Lipinski definition) is 0. The number of carbonyl (C=O) groups is 3. The molecule has 40 heavy (non-hydrogen) atoms. The van der Waals surface area contributed by atoms with Crippen LogP contribution in [-0.4, -0.2) is 37.5 Å². The first-order chi connectivity index (χ1) is 19.5. The summed E-state index contributed by atoms with van der Waals surface area (Å²) in [5, 5.41) is 7.57. The Morgan fingerprint density at radius 2 is 1.60 bits per heavy atom. The SMILES string of the molecule is CCn1c2ccc(C(=O)C(=NOC(=O)n3ccnc3)c3ccccc3)cc2c2cc(C(=O)c3cccs3)ccc21. The second kappa shape index (κ2) is 10.5. The second-order valence-electron chi connectivity index (χ2n) is 8.98. The monoisotopic (exact) mass is 546 g/mol. The minimum absolute atomic E-state index is 0.0128. The van der Waals surface area contributed by atoms with E-state index < -0.39 is 11.9 Å². The highest BCUT2D eigenvalue weighted by atomic mass is 32.1. The van der Waals surface area contributed by atoms with Crippen molar-refractivity contribution in [1.82, 2.24) is 14.1 Å². The molecule has 3 heterocycles. The van der Waals surface area contributed by atoms with Crippen molar-refractivity contribution in [3.8, 4) is 0 Å². The molecule has 0 saturated heterocycles. The first kappa shape index (κ1) is 25.1. The minimum Gasteiger partial charge on any atom is -0.341 e. The maximum atomic E-state index is 13.8. The molecule has 196 valence electrons. The minimum atomic E-state index is -0.789. The van der Waals surface area contributed by atoms with Crippen molar-refractivity contribution < 1.29 is 19.2 Å². The van der Waals surface area contributed by atoms with E-state index in [0.717, 1.165) is 26.4 Å². The van der Waals surface area contributed by atoms with Crippen molar-refractivity contribution in [2.24, 2.45) is 5.16 Å². The van der Waals surface area contributed by atoms with E-state index >= 15 is 0 Å². The van der Waals surface area contributed by atoms with Gasteiger partial charge >= 0.3 is 6.09 Å². The van der Waals surface area contributed by atoms with Gasteiger partial charge in [0, 0.05) is 57.4 Å². The summed E-state index contributed by atoms with van der Waals surface area (Å²) in [6.45, 7) is 2.77. The van der Waals surface area contributed by atoms with Crippen molar-refractivity contribution in [1.29, 1.82) is 0 Å². The van der Waals surface area contributed by atoms with Gasteiger partial charge < -0.3 is 4.57 Å². The lowest BCUT2D eigenvalue weighted by molar-refractivity contribution is 0.103. The van der Waals surface area contributed by atoms with Crippen molar-refractivity contribution in [3.05, 3.63) is 125 Å². The van der Waals surface area contributed by atoms with E-state index in [9.17, 15) is 14.4 Å². The molecule has 6 aromatic rings. The molecule has 0 bridgehead atoms. The molecule has 3 aromatic heterocycles. The zero-order chi connectivity index (χ0) is 27.6. The molecule has 0 aliphatic carbocycles. The number of oxime groups is 1. The predicted octanol–water partition coefficient (Wildman–Crippen LogP) is 6.58. The van der Waals surface area contributed by atoms with E-state index in [-0.39, 0.29) is 11.5 Å². The Morgan fingerprint density at radius 3 is 2.25 bits per heavy atom. The summed E-state index contributed by atoms with van der Waals surface area (Å²) >= 11 is 1.40. The van der Waals surface area contributed by atoms with Gasteiger partial charge in [0.25, 0.3) is 0 Å². The number of thiophene rings is 1. The van der Waals surface area contributed by atoms with E-state index in [4.69, 9.17) is 4.84 Å². The highest BCUT2D eigenvalue weighted by Crippen LogP contribution is 2.32. The smallest absolute Gasteiger partial charge is 0.341 e. The van der Waals surface area contributed by atoms with Crippen molar-refractivity contribution in [2.75, 3.05) is 0 Å².